The largest absolute Gasteiger partial charge is 0.444 e. The predicted molar refractivity (Wildman–Crippen MR) is 157 cm³/mol. The summed E-state index contributed by atoms with van der Waals surface area (Å²) < 4.78 is 26.1. The Morgan fingerprint density at radius 2 is 1.88 bits per heavy atom. The Hall–Kier alpha value is -4.12. The number of amides is 2. The van der Waals surface area contributed by atoms with Crippen LogP contribution in [0.25, 0.3) is 11.5 Å². The number of aryl methyl sites for hydroxylation is 1. The van der Waals surface area contributed by atoms with Crippen molar-refractivity contribution in [2.45, 2.75) is 70.8 Å². The summed E-state index contributed by atoms with van der Waals surface area (Å²) in [6.07, 6.45) is -1.15. The number of halogens is 1. The third-order valence-electron chi connectivity index (χ3n) is 6.86. The molecule has 0 spiro atoms. The maximum absolute atomic E-state index is 14.5. The van der Waals surface area contributed by atoms with Crippen molar-refractivity contribution in [2.75, 3.05) is 6.54 Å². The van der Waals surface area contributed by atoms with E-state index in [4.69, 9.17) is 9.15 Å². The van der Waals surface area contributed by atoms with E-state index in [1.54, 1.807) is 56.9 Å². The molecule has 1 saturated heterocycles. The lowest BCUT2D eigenvalue weighted by Crippen LogP contribution is -2.47. The molecule has 11 heteroatoms. The van der Waals surface area contributed by atoms with Crippen LogP contribution in [0.15, 0.2) is 64.4 Å². The Balaban J connectivity index is 1.41. The highest BCUT2D eigenvalue weighted by Crippen LogP contribution is 2.37. The molecule has 4 aromatic rings. The molecule has 0 unspecified atom stereocenters. The number of rotatable bonds is 7. The topological polar surface area (TPSA) is 110 Å². The normalized spacial score (nSPS) is 18.5. The van der Waals surface area contributed by atoms with Crippen LogP contribution in [0.5, 0.6) is 0 Å². The van der Waals surface area contributed by atoms with Crippen molar-refractivity contribution in [2.24, 2.45) is 0 Å². The average Bonchev–Trinajstić information content (AvgIpc) is 3.68. The van der Waals surface area contributed by atoms with E-state index >= 15 is 0 Å². The SMILES string of the molecule is Cc1csc([C@H]2C[C@H](F)CN2C(=O)c2cccc(-c3nnc([C@@](C)(Cc4ccccc4)NC(=O)OC(C)(C)C)o3)c2)n1. The minimum absolute atomic E-state index is 0.00519. The van der Waals surface area contributed by atoms with E-state index in [-0.39, 0.29) is 30.7 Å². The quantitative estimate of drug-likeness (QED) is 0.264. The van der Waals surface area contributed by atoms with Crippen LogP contribution < -0.4 is 5.32 Å². The van der Waals surface area contributed by atoms with Gasteiger partial charge in [0.05, 0.1) is 12.6 Å². The average molecular weight is 592 g/mol. The summed E-state index contributed by atoms with van der Waals surface area (Å²) in [7, 11) is 0. The molecule has 0 radical (unpaired) electrons. The van der Waals surface area contributed by atoms with Crippen molar-refractivity contribution in [1.29, 1.82) is 0 Å². The molecule has 2 amide bonds. The zero-order chi connectivity index (χ0) is 30.1. The Morgan fingerprint density at radius 1 is 1.12 bits per heavy atom. The Kier molecular flexibility index (Phi) is 8.14. The van der Waals surface area contributed by atoms with Crippen LogP contribution in [-0.2, 0) is 16.7 Å². The lowest BCUT2D eigenvalue weighted by Gasteiger charge is -2.29. The van der Waals surface area contributed by atoms with Crippen LogP contribution in [0.3, 0.4) is 0 Å². The number of carbonyl (C=O) groups is 2. The first kappa shape index (κ1) is 29.4. The van der Waals surface area contributed by atoms with Crippen LogP contribution in [0.1, 0.15) is 72.7 Å². The molecule has 2 aromatic heterocycles. The zero-order valence-electron chi connectivity index (χ0n) is 24.3. The molecule has 5 rings (SSSR count). The van der Waals surface area contributed by atoms with Gasteiger partial charge >= 0.3 is 6.09 Å². The van der Waals surface area contributed by atoms with Crippen molar-refractivity contribution in [3.05, 3.63) is 87.7 Å². The van der Waals surface area contributed by atoms with Gasteiger partial charge in [0.2, 0.25) is 11.8 Å². The molecule has 220 valence electrons. The van der Waals surface area contributed by atoms with Crippen molar-refractivity contribution >= 4 is 23.3 Å². The van der Waals surface area contributed by atoms with Gasteiger partial charge in [-0.25, -0.2) is 14.2 Å². The van der Waals surface area contributed by atoms with Crippen LogP contribution in [-0.4, -0.2) is 50.4 Å². The minimum atomic E-state index is -1.12. The maximum Gasteiger partial charge on any atom is 0.408 e. The predicted octanol–water partition coefficient (Wildman–Crippen LogP) is 6.41. The number of benzene rings is 2. The monoisotopic (exact) mass is 591 g/mol. The first-order valence-corrected chi connectivity index (χ1v) is 14.6. The van der Waals surface area contributed by atoms with Crippen molar-refractivity contribution in [1.82, 2.24) is 25.4 Å². The summed E-state index contributed by atoms with van der Waals surface area (Å²) in [6, 6.07) is 16.0. The number of aromatic nitrogens is 3. The molecule has 1 aliphatic heterocycles. The molecule has 0 bridgehead atoms. The van der Waals surface area contributed by atoms with E-state index in [0.29, 0.717) is 17.5 Å². The molecule has 3 heterocycles. The number of nitrogens with zero attached hydrogens (tertiary/aromatic N) is 4. The van der Waals surface area contributed by atoms with Gasteiger partial charge < -0.3 is 19.4 Å². The summed E-state index contributed by atoms with van der Waals surface area (Å²) in [5.41, 5.74) is 0.909. The molecule has 3 atom stereocenters. The standard InChI is InChI=1S/C31H34FN5O4S/c1-19-18-42-26(33-19)24-15-23(32)17-37(24)27(38)22-13-9-12-21(14-22)25-35-36-28(40-25)31(5,16-20-10-7-6-8-11-20)34-29(39)41-30(2,3)4/h6-14,18,23-24H,15-17H2,1-5H3,(H,34,39)/t23-,24+,31+/m0/s1. The van der Waals surface area contributed by atoms with E-state index in [1.165, 1.54) is 11.3 Å². The van der Waals surface area contributed by atoms with E-state index in [1.807, 2.05) is 42.6 Å². The molecule has 1 aliphatic rings. The second-order valence-corrected chi connectivity index (χ2v) is 12.6. The number of hydrogen-bond acceptors (Lipinski definition) is 8. The smallest absolute Gasteiger partial charge is 0.408 e. The van der Waals surface area contributed by atoms with Crippen molar-refractivity contribution in [3.8, 4) is 11.5 Å². The van der Waals surface area contributed by atoms with Crippen molar-refractivity contribution < 1.29 is 23.1 Å². The van der Waals surface area contributed by atoms with Gasteiger partial charge in [-0.3, -0.25) is 4.79 Å². The van der Waals surface area contributed by atoms with Crippen molar-refractivity contribution in [3.63, 3.8) is 0 Å². The van der Waals surface area contributed by atoms with Gasteiger partial charge in [-0.1, -0.05) is 36.4 Å². The third-order valence-corrected chi connectivity index (χ3v) is 7.93. The van der Waals surface area contributed by atoms with E-state index in [2.05, 4.69) is 20.5 Å². The van der Waals surface area contributed by atoms with Gasteiger partial charge in [0, 0.05) is 35.0 Å². The van der Waals surface area contributed by atoms with E-state index in [9.17, 15) is 14.0 Å². The molecular weight excluding hydrogens is 557 g/mol. The highest BCUT2D eigenvalue weighted by Gasteiger charge is 2.39. The maximum atomic E-state index is 14.5. The number of ether oxygens (including phenoxy) is 1. The number of thiazole rings is 1. The summed E-state index contributed by atoms with van der Waals surface area (Å²) in [4.78, 5) is 32.4. The third kappa shape index (κ3) is 6.67. The molecule has 2 aromatic carbocycles. The van der Waals surface area contributed by atoms with Gasteiger partial charge in [-0.15, -0.1) is 21.5 Å². The lowest BCUT2D eigenvalue weighted by atomic mass is 9.92. The Labute approximate surface area is 248 Å². The molecule has 9 nitrogen and oxygen atoms in total. The Morgan fingerprint density at radius 3 is 2.57 bits per heavy atom. The molecular formula is C31H34FN5O4S. The van der Waals surface area contributed by atoms with Crippen LogP contribution in [0.2, 0.25) is 0 Å². The zero-order valence-corrected chi connectivity index (χ0v) is 25.1. The number of carbonyl (C=O) groups excluding carboxylic acids is 2. The van der Waals surface area contributed by atoms with Gasteiger partial charge in [0.1, 0.15) is 22.3 Å². The number of nitrogens with one attached hydrogen (secondary N) is 1. The van der Waals surface area contributed by atoms with Gasteiger partial charge in [0.25, 0.3) is 5.91 Å². The van der Waals surface area contributed by atoms with Crippen LogP contribution in [0.4, 0.5) is 9.18 Å². The molecule has 0 aliphatic carbocycles. The highest BCUT2D eigenvalue weighted by atomic mass is 32.1. The van der Waals surface area contributed by atoms with E-state index < -0.39 is 29.4 Å². The second kappa shape index (κ2) is 11.6. The fraction of sp³-hybridized carbons (Fsp3) is 0.387. The molecule has 1 fully saturated rings. The Bertz CT molecular complexity index is 1570. The summed E-state index contributed by atoms with van der Waals surface area (Å²) in [5, 5.41) is 14.1. The first-order chi connectivity index (χ1) is 19.9. The number of alkyl carbamates (subject to hydrolysis) is 1. The summed E-state index contributed by atoms with van der Waals surface area (Å²) in [5.74, 6) is 0.0693. The fourth-order valence-corrected chi connectivity index (χ4v) is 5.91. The number of hydrogen-bond donors (Lipinski definition) is 1. The lowest BCUT2D eigenvalue weighted by molar-refractivity contribution is 0.0443. The van der Waals surface area contributed by atoms with Crippen LogP contribution in [0, 0.1) is 6.92 Å². The molecule has 42 heavy (non-hydrogen) atoms. The minimum Gasteiger partial charge on any atom is -0.444 e. The fourth-order valence-electron chi connectivity index (χ4n) is 4.99. The molecule has 1 N–H and O–H groups in total. The highest BCUT2D eigenvalue weighted by molar-refractivity contribution is 7.09. The second-order valence-electron chi connectivity index (χ2n) is 11.7. The van der Waals surface area contributed by atoms with Gasteiger partial charge in [-0.05, 0) is 58.4 Å². The van der Waals surface area contributed by atoms with Gasteiger partial charge in [-0.2, -0.15) is 0 Å². The van der Waals surface area contributed by atoms with E-state index in [0.717, 1.165) is 16.3 Å². The number of alkyl halides is 1. The van der Waals surface area contributed by atoms with Gasteiger partial charge in [0.15, 0.2) is 0 Å². The summed E-state index contributed by atoms with van der Waals surface area (Å²) in [6.45, 7) is 9.04. The van der Waals surface area contributed by atoms with Crippen LogP contribution >= 0.6 is 11.3 Å². The number of likely N-dealkylation sites (tertiary alicyclic amines) is 1. The summed E-state index contributed by atoms with van der Waals surface area (Å²) >= 11 is 1.43. The first-order valence-electron chi connectivity index (χ1n) is 13.8. The molecule has 0 saturated carbocycles.